The Balaban J connectivity index is 1.63. The average molecular weight is 396 g/mol. The molecular formula is C28H16N2O. The van der Waals surface area contributed by atoms with E-state index in [-0.39, 0.29) is 0 Å². The standard InChI is InChI=1S/C28H16N2O/c1-29-27-16-19(13-14-30-27)18-7-6-8-20(15-18)24-17-26-28(22-10-3-2-9-21(22)24)23-11-4-5-12-25(23)31-26/h2-17H. The minimum absolute atomic E-state index is 0.400. The van der Waals surface area contributed by atoms with Crippen molar-refractivity contribution in [3.63, 3.8) is 0 Å². The number of benzene rings is 4. The summed E-state index contributed by atoms with van der Waals surface area (Å²) in [5, 5.41) is 4.67. The zero-order chi connectivity index (χ0) is 20.8. The Bertz CT molecular complexity index is 1650. The molecule has 0 saturated heterocycles. The molecule has 0 unspecified atom stereocenters. The molecule has 0 atom stereocenters. The van der Waals surface area contributed by atoms with Gasteiger partial charge in [-0.1, -0.05) is 67.2 Å². The Kier molecular flexibility index (Phi) is 3.84. The van der Waals surface area contributed by atoms with Crippen LogP contribution in [-0.4, -0.2) is 4.98 Å². The van der Waals surface area contributed by atoms with Crippen LogP contribution in [0.1, 0.15) is 0 Å². The van der Waals surface area contributed by atoms with E-state index in [2.05, 4.69) is 76.6 Å². The van der Waals surface area contributed by atoms with Crippen molar-refractivity contribution < 1.29 is 4.42 Å². The molecule has 6 aromatic rings. The summed E-state index contributed by atoms with van der Waals surface area (Å²) < 4.78 is 6.23. The monoisotopic (exact) mass is 396 g/mol. The summed E-state index contributed by atoms with van der Waals surface area (Å²) >= 11 is 0. The number of nitrogens with zero attached hydrogens (tertiary/aromatic N) is 2. The van der Waals surface area contributed by atoms with Crippen LogP contribution in [0, 0.1) is 6.57 Å². The highest BCUT2D eigenvalue weighted by Gasteiger charge is 2.14. The Labute approximate surface area is 179 Å². The zero-order valence-corrected chi connectivity index (χ0v) is 16.5. The molecule has 144 valence electrons. The molecule has 0 N–H and O–H groups in total. The van der Waals surface area contributed by atoms with Crippen LogP contribution in [0.15, 0.2) is 102 Å². The third-order valence-corrected chi connectivity index (χ3v) is 5.75. The number of rotatable bonds is 2. The molecule has 4 aromatic carbocycles. The van der Waals surface area contributed by atoms with E-state index in [0.717, 1.165) is 44.2 Å². The predicted molar refractivity (Wildman–Crippen MR) is 126 cm³/mol. The van der Waals surface area contributed by atoms with Crippen LogP contribution in [-0.2, 0) is 0 Å². The molecule has 0 fully saturated rings. The van der Waals surface area contributed by atoms with Crippen LogP contribution in [0.4, 0.5) is 5.82 Å². The molecule has 3 heteroatoms. The van der Waals surface area contributed by atoms with Crippen molar-refractivity contribution in [1.29, 1.82) is 0 Å². The normalized spacial score (nSPS) is 11.2. The van der Waals surface area contributed by atoms with Gasteiger partial charge in [0.1, 0.15) is 17.4 Å². The summed E-state index contributed by atoms with van der Waals surface area (Å²) in [6.07, 6.45) is 1.69. The van der Waals surface area contributed by atoms with E-state index >= 15 is 0 Å². The van der Waals surface area contributed by atoms with E-state index in [9.17, 15) is 0 Å². The van der Waals surface area contributed by atoms with Gasteiger partial charge in [0.2, 0.25) is 0 Å². The van der Waals surface area contributed by atoms with Gasteiger partial charge in [0.25, 0.3) is 5.82 Å². The summed E-state index contributed by atoms with van der Waals surface area (Å²) in [5.74, 6) is 0.400. The summed E-state index contributed by atoms with van der Waals surface area (Å²) in [7, 11) is 0. The van der Waals surface area contributed by atoms with Gasteiger partial charge in [0, 0.05) is 10.8 Å². The third kappa shape index (κ3) is 2.78. The van der Waals surface area contributed by atoms with Crippen LogP contribution in [0.2, 0.25) is 0 Å². The number of fused-ring (bicyclic) bond motifs is 5. The molecule has 0 radical (unpaired) electrons. The lowest BCUT2D eigenvalue weighted by Crippen LogP contribution is -1.85. The smallest absolute Gasteiger partial charge is 0.270 e. The van der Waals surface area contributed by atoms with Crippen LogP contribution >= 0.6 is 0 Å². The van der Waals surface area contributed by atoms with Gasteiger partial charge in [0.05, 0.1) is 0 Å². The Hall–Kier alpha value is -4.42. The van der Waals surface area contributed by atoms with Crippen molar-refractivity contribution in [3.8, 4) is 22.3 Å². The Morgan fingerprint density at radius 2 is 1.39 bits per heavy atom. The second kappa shape index (κ2) is 6.83. The third-order valence-electron chi connectivity index (χ3n) is 5.75. The van der Waals surface area contributed by atoms with E-state index in [1.807, 2.05) is 24.3 Å². The van der Waals surface area contributed by atoms with Crippen LogP contribution in [0.3, 0.4) is 0 Å². The molecule has 2 aromatic heterocycles. The van der Waals surface area contributed by atoms with Crippen molar-refractivity contribution in [2.75, 3.05) is 0 Å². The molecular weight excluding hydrogens is 380 g/mol. The van der Waals surface area contributed by atoms with E-state index in [1.54, 1.807) is 6.20 Å². The molecule has 3 nitrogen and oxygen atoms in total. The maximum Gasteiger partial charge on any atom is 0.270 e. The van der Waals surface area contributed by atoms with Gasteiger partial charge in [0.15, 0.2) is 0 Å². The fourth-order valence-corrected chi connectivity index (χ4v) is 4.35. The number of aromatic nitrogens is 1. The fraction of sp³-hybridized carbons (Fsp3) is 0. The summed E-state index contributed by atoms with van der Waals surface area (Å²) in [4.78, 5) is 7.55. The first kappa shape index (κ1) is 17.4. The van der Waals surface area contributed by atoms with Crippen molar-refractivity contribution >= 4 is 38.5 Å². The molecule has 31 heavy (non-hydrogen) atoms. The van der Waals surface area contributed by atoms with Crippen molar-refractivity contribution in [2.24, 2.45) is 0 Å². The second-order valence-electron chi connectivity index (χ2n) is 7.54. The van der Waals surface area contributed by atoms with Gasteiger partial charge in [-0.2, -0.15) is 0 Å². The van der Waals surface area contributed by atoms with Crippen molar-refractivity contribution in [1.82, 2.24) is 4.98 Å². The van der Waals surface area contributed by atoms with Crippen molar-refractivity contribution in [3.05, 3.63) is 109 Å². The van der Waals surface area contributed by atoms with Gasteiger partial charge < -0.3 is 9.26 Å². The van der Waals surface area contributed by atoms with Gasteiger partial charge in [-0.3, -0.25) is 0 Å². The quantitative estimate of drug-likeness (QED) is 0.277. The molecule has 0 aliphatic carbocycles. The zero-order valence-electron chi connectivity index (χ0n) is 16.5. The minimum Gasteiger partial charge on any atom is -0.456 e. The van der Waals surface area contributed by atoms with Crippen LogP contribution < -0.4 is 0 Å². The SMILES string of the molecule is [C-]#[N+]c1cc(-c2cccc(-c3cc4oc5ccccc5c4c4ccccc34)c2)ccn1. The molecule has 0 saturated carbocycles. The summed E-state index contributed by atoms with van der Waals surface area (Å²) in [6, 6.07) is 31.0. The van der Waals surface area contributed by atoms with E-state index < -0.39 is 0 Å². The molecule has 0 spiro atoms. The molecule has 0 amide bonds. The first-order valence-corrected chi connectivity index (χ1v) is 10.1. The minimum atomic E-state index is 0.400. The molecule has 0 aliphatic rings. The number of hydrogen-bond acceptors (Lipinski definition) is 2. The van der Waals surface area contributed by atoms with Gasteiger partial charge in [-0.25, -0.2) is 0 Å². The highest BCUT2D eigenvalue weighted by Crippen LogP contribution is 2.40. The number of furan rings is 1. The Morgan fingerprint density at radius 1 is 0.645 bits per heavy atom. The van der Waals surface area contributed by atoms with E-state index in [0.29, 0.717) is 5.82 Å². The Morgan fingerprint density at radius 3 is 2.26 bits per heavy atom. The molecule has 6 rings (SSSR count). The van der Waals surface area contributed by atoms with Crippen LogP contribution in [0.5, 0.6) is 0 Å². The predicted octanol–water partition coefficient (Wildman–Crippen LogP) is 8.02. The summed E-state index contributed by atoms with van der Waals surface area (Å²) in [6.45, 7) is 7.24. The average Bonchev–Trinajstić information content (AvgIpc) is 3.22. The first-order chi connectivity index (χ1) is 15.3. The van der Waals surface area contributed by atoms with Gasteiger partial charge >= 0.3 is 0 Å². The lowest BCUT2D eigenvalue weighted by atomic mass is 9.93. The number of para-hydroxylation sites is 1. The van der Waals surface area contributed by atoms with Crippen LogP contribution in [0.25, 0.3) is 59.8 Å². The first-order valence-electron chi connectivity index (χ1n) is 10.1. The van der Waals surface area contributed by atoms with Gasteiger partial charge in [-0.15, -0.1) is 4.98 Å². The second-order valence-corrected chi connectivity index (χ2v) is 7.54. The highest BCUT2D eigenvalue weighted by molar-refractivity contribution is 6.22. The molecule has 2 heterocycles. The lowest BCUT2D eigenvalue weighted by Gasteiger charge is -2.10. The van der Waals surface area contributed by atoms with Crippen molar-refractivity contribution in [2.45, 2.75) is 0 Å². The topological polar surface area (TPSA) is 30.4 Å². The fourth-order valence-electron chi connectivity index (χ4n) is 4.35. The maximum atomic E-state index is 7.24. The van der Waals surface area contributed by atoms with E-state index in [4.69, 9.17) is 11.0 Å². The number of pyridine rings is 1. The highest BCUT2D eigenvalue weighted by atomic mass is 16.3. The maximum absolute atomic E-state index is 7.24. The summed E-state index contributed by atoms with van der Waals surface area (Å²) in [5.41, 5.74) is 6.06. The van der Waals surface area contributed by atoms with Gasteiger partial charge in [-0.05, 0) is 63.4 Å². The largest absolute Gasteiger partial charge is 0.456 e. The van der Waals surface area contributed by atoms with E-state index in [1.165, 1.54) is 10.8 Å². The lowest BCUT2D eigenvalue weighted by molar-refractivity contribution is 0.669. The number of hydrogen-bond donors (Lipinski definition) is 0. The molecule has 0 aliphatic heterocycles. The molecule has 0 bridgehead atoms.